The van der Waals surface area contributed by atoms with Gasteiger partial charge >= 0.3 is 0 Å². The molecule has 108 valence electrons. The minimum atomic E-state index is 0.229. The van der Waals surface area contributed by atoms with Crippen molar-refractivity contribution in [2.75, 3.05) is 13.2 Å². The predicted molar refractivity (Wildman–Crippen MR) is 87.0 cm³/mol. The molecule has 0 radical (unpaired) electrons. The molecule has 2 aromatic rings. The summed E-state index contributed by atoms with van der Waals surface area (Å²) >= 11 is 7.79. The number of hydrogen-bond donors (Lipinski definition) is 1. The highest BCUT2D eigenvalue weighted by Gasteiger charge is 2.13. The smallest absolute Gasteiger partial charge is 0.120 e. The summed E-state index contributed by atoms with van der Waals surface area (Å²) in [5.74, 6) is 0.814. The van der Waals surface area contributed by atoms with Crippen molar-refractivity contribution in [3.63, 3.8) is 0 Å². The van der Waals surface area contributed by atoms with E-state index in [4.69, 9.17) is 16.3 Å². The molecule has 1 N–H and O–H groups in total. The van der Waals surface area contributed by atoms with E-state index in [1.807, 2.05) is 35.6 Å². The van der Waals surface area contributed by atoms with Crippen molar-refractivity contribution < 1.29 is 4.74 Å². The van der Waals surface area contributed by atoms with Crippen molar-refractivity contribution in [2.24, 2.45) is 0 Å². The SMILES string of the molecule is CCCNC(COc1cccc(Cl)c1)c1ccc(C)s1. The summed E-state index contributed by atoms with van der Waals surface area (Å²) < 4.78 is 5.87. The second-order valence-corrected chi connectivity index (χ2v) is 6.48. The highest BCUT2D eigenvalue weighted by Crippen LogP contribution is 2.24. The maximum atomic E-state index is 5.97. The van der Waals surface area contributed by atoms with Crippen LogP contribution in [-0.4, -0.2) is 13.2 Å². The standard InChI is InChI=1S/C16H20ClNOS/c1-3-9-18-15(16-8-7-12(2)20-16)11-19-14-6-4-5-13(17)10-14/h4-8,10,15,18H,3,9,11H2,1-2H3. The predicted octanol–water partition coefficient (Wildman–Crippen LogP) is 4.83. The van der Waals surface area contributed by atoms with E-state index in [9.17, 15) is 0 Å². The van der Waals surface area contributed by atoms with Crippen molar-refractivity contribution >= 4 is 22.9 Å². The Morgan fingerprint density at radius 3 is 2.80 bits per heavy atom. The van der Waals surface area contributed by atoms with Gasteiger partial charge < -0.3 is 10.1 Å². The average molecular weight is 310 g/mol. The van der Waals surface area contributed by atoms with Gasteiger partial charge in [-0.3, -0.25) is 0 Å². The van der Waals surface area contributed by atoms with Gasteiger partial charge in [0.15, 0.2) is 0 Å². The maximum Gasteiger partial charge on any atom is 0.120 e. The van der Waals surface area contributed by atoms with Crippen LogP contribution in [0.25, 0.3) is 0 Å². The molecule has 1 unspecified atom stereocenters. The van der Waals surface area contributed by atoms with Crippen LogP contribution in [0.2, 0.25) is 5.02 Å². The lowest BCUT2D eigenvalue weighted by atomic mass is 10.2. The Kier molecular flexibility index (Phi) is 5.89. The fourth-order valence-corrected chi connectivity index (χ4v) is 3.06. The molecule has 2 rings (SSSR count). The highest BCUT2D eigenvalue weighted by molar-refractivity contribution is 7.12. The van der Waals surface area contributed by atoms with Crippen LogP contribution in [0.5, 0.6) is 5.75 Å². The molecule has 4 heteroatoms. The van der Waals surface area contributed by atoms with Crippen LogP contribution in [0.3, 0.4) is 0 Å². The molecule has 1 aromatic carbocycles. The molecular weight excluding hydrogens is 290 g/mol. The Morgan fingerprint density at radius 2 is 2.15 bits per heavy atom. The van der Waals surface area contributed by atoms with E-state index in [0.29, 0.717) is 11.6 Å². The molecule has 0 aliphatic rings. The van der Waals surface area contributed by atoms with E-state index in [2.05, 4.69) is 31.3 Å². The lowest BCUT2D eigenvalue weighted by molar-refractivity contribution is 0.268. The van der Waals surface area contributed by atoms with E-state index < -0.39 is 0 Å². The first-order valence-electron chi connectivity index (χ1n) is 6.87. The summed E-state index contributed by atoms with van der Waals surface area (Å²) in [5.41, 5.74) is 0. The summed E-state index contributed by atoms with van der Waals surface area (Å²) in [6, 6.07) is 12.1. The molecule has 0 spiro atoms. The third-order valence-electron chi connectivity index (χ3n) is 2.96. The number of thiophene rings is 1. The summed E-state index contributed by atoms with van der Waals surface area (Å²) in [6.45, 7) is 5.89. The first kappa shape index (κ1) is 15.4. The number of rotatable bonds is 7. The molecule has 1 aromatic heterocycles. The Bertz CT molecular complexity index is 541. The van der Waals surface area contributed by atoms with Gasteiger partial charge in [-0.15, -0.1) is 11.3 Å². The van der Waals surface area contributed by atoms with Crippen LogP contribution < -0.4 is 10.1 Å². The van der Waals surface area contributed by atoms with Crippen LogP contribution in [0.1, 0.15) is 29.1 Å². The van der Waals surface area contributed by atoms with Crippen molar-refractivity contribution in [2.45, 2.75) is 26.3 Å². The van der Waals surface area contributed by atoms with Crippen LogP contribution in [0.4, 0.5) is 0 Å². The van der Waals surface area contributed by atoms with E-state index in [1.54, 1.807) is 0 Å². The van der Waals surface area contributed by atoms with Crippen molar-refractivity contribution in [1.82, 2.24) is 5.32 Å². The summed E-state index contributed by atoms with van der Waals surface area (Å²) in [5, 5.41) is 4.24. The molecule has 0 amide bonds. The zero-order valence-corrected chi connectivity index (χ0v) is 13.4. The molecule has 0 fully saturated rings. The van der Waals surface area contributed by atoms with Gasteiger partial charge in [-0.05, 0) is 50.2 Å². The maximum absolute atomic E-state index is 5.97. The lowest BCUT2D eigenvalue weighted by Gasteiger charge is -2.18. The molecule has 1 heterocycles. The van der Waals surface area contributed by atoms with E-state index in [-0.39, 0.29) is 6.04 Å². The lowest BCUT2D eigenvalue weighted by Crippen LogP contribution is -2.26. The molecule has 0 saturated heterocycles. The highest BCUT2D eigenvalue weighted by atomic mass is 35.5. The molecule has 0 aliphatic heterocycles. The minimum Gasteiger partial charge on any atom is -0.492 e. The number of aryl methyl sites for hydroxylation is 1. The fraction of sp³-hybridized carbons (Fsp3) is 0.375. The molecule has 20 heavy (non-hydrogen) atoms. The second kappa shape index (κ2) is 7.67. The molecule has 0 aliphatic carbocycles. The van der Waals surface area contributed by atoms with E-state index in [0.717, 1.165) is 18.7 Å². The number of benzene rings is 1. The van der Waals surface area contributed by atoms with Gasteiger partial charge in [0, 0.05) is 14.8 Å². The number of halogens is 1. The zero-order chi connectivity index (χ0) is 14.4. The van der Waals surface area contributed by atoms with Gasteiger partial charge in [0.1, 0.15) is 12.4 Å². The number of hydrogen-bond acceptors (Lipinski definition) is 3. The van der Waals surface area contributed by atoms with Gasteiger partial charge in [0.05, 0.1) is 6.04 Å². The van der Waals surface area contributed by atoms with Gasteiger partial charge in [0.2, 0.25) is 0 Å². The van der Waals surface area contributed by atoms with Crippen LogP contribution in [0, 0.1) is 6.92 Å². The Balaban J connectivity index is 2.00. The third-order valence-corrected chi connectivity index (χ3v) is 4.31. The normalized spacial score (nSPS) is 12.3. The van der Waals surface area contributed by atoms with E-state index in [1.165, 1.54) is 9.75 Å². The summed E-state index contributed by atoms with van der Waals surface area (Å²) in [4.78, 5) is 2.64. The topological polar surface area (TPSA) is 21.3 Å². The molecule has 1 atom stereocenters. The summed E-state index contributed by atoms with van der Waals surface area (Å²) in [6.07, 6.45) is 1.11. The van der Waals surface area contributed by atoms with Crippen LogP contribution in [0.15, 0.2) is 36.4 Å². The first-order chi connectivity index (χ1) is 9.69. The van der Waals surface area contributed by atoms with Gasteiger partial charge in [-0.25, -0.2) is 0 Å². The molecule has 2 nitrogen and oxygen atoms in total. The minimum absolute atomic E-state index is 0.229. The Morgan fingerprint density at radius 1 is 1.30 bits per heavy atom. The van der Waals surface area contributed by atoms with Gasteiger partial charge in [-0.2, -0.15) is 0 Å². The van der Waals surface area contributed by atoms with Gasteiger partial charge in [0.25, 0.3) is 0 Å². The molecule has 0 bridgehead atoms. The number of ether oxygens (including phenoxy) is 1. The number of nitrogens with one attached hydrogen (secondary N) is 1. The quantitative estimate of drug-likeness (QED) is 0.791. The first-order valence-corrected chi connectivity index (χ1v) is 8.06. The van der Waals surface area contributed by atoms with Crippen molar-refractivity contribution in [3.05, 3.63) is 51.2 Å². The summed E-state index contributed by atoms with van der Waals surface area (Å²) in [7, 11) is 0. The second-order valence-electron chi connectivity index (χ2n) is 4.72. The fourth-order valence-electron chi connectivity index (χ4n) is 1.94. The monoisotopic (exact) mass is 309 g/mol. The van der Waals surface area contributed by atoms with Crippen molar-refractivity contribution in [3.8, 4) is 5.75 Å². The van der Waals surface area contributed by atoms with Crippen LogP contribution in [-0.2, 0) is 0 Å². The Hall–Kier alpha value is -1.03. The van der Waals surface area contributed by atoms with Gasteiger partial charge in [-0.1, -0.05) is 24.6 Å². The largest absolute Gasteiger partial charge is 0.492 e. The zero-order valence-electron chi connectivity index (χ0n) is 11.9. The van der Waals surface area contributed by atoms with E-state index >= 15 is 0 Å². The third kappa shape index (κ3) is 4.51. The van der Waals surface area contributed by atoms with Crippen molar-refractivity contribution in [1.29, 1.82) is 0 Å². The molecular formula is C16H20ClNOS. The van der Waals surface area contributed by atoms with Crippen LogP contribution >= 0.6 is 22.9 Å². The molecule has 0 saturated carbocycles. The average Bonchev–Trinajstić information content (AvgIpc) is 2.85. The Labute approximate surface area is 129 Å².